The monoisotopic (exact) mass is 337 g/mol. The first-order valence-corrected chi connectivity index (χ1v) is 7.68. The number of hydrogen-bond donors (Lipinski definition) is 0. The first kappa shape index (κ1) is 18.1. The van der Waals surface area contributed by atoms with Crippen LogP contribution in [-0.2, 0) is 4.79 Å². The molecular weight excluding hydrogens is 318 g/mol. The van der Waals surface area contributed by atoms with E-state index in [2.05, 4.69) is 0 Å². The molecule has 0 unspecified atom stereocenters. The molecule has 0 aliphatic heterocycles. The lowest BCUT2D eigenvalue weighted by Crippen LogP contribution is -2.18. The van der Waals surface area contributed by atoms with Crippen molar-refractivity contribution in [2.75, 3.05) is 13.7 Å². The molecule has 5 nitrogen and oxygen atoms in total. The number of allylic oxidation sites excluding steroid dienone is 1. The van der Waals surface area contributed by atoms with Crippen LogP contribution in [0.15, 0.2) is 42.5 Å². The lowest BCUT2D eigenvalue weighted by Gasteiger charge is -2.12. The molecule has 0 amide bonds. The van der Waals surface area contributed by atoms with Crippen molar-refractivity contribution in [3.63, 3.8) is 0 Å². The summed E-state index contributed by atoms with van der Waals surface area (Å²) in [5.74, 6) is 0.816. The van der Waals surface area contributed by atoms with Crippen LogP contribution >= 0.6 is 0 Å². The molecule has 25 heavy (non-hydrogen) atoms. The number of rotatable bonds is 6. The standard InChI is InChI=1S/C20H19NO4/c1-14-6-8-17(15(2)11-14)24-13-20(22)25-18-9-7-16(5-4-10-21)12-19(18)23-3/h4-9,11-12H,13H2,1-3H3/b5-4-. The molecule has 2 aromatic rings. The van der Waals surface area contributed by atoms with Crippen molar-refractivity contribution in [3.05, 3.63) is 59.2 Å². The van der Waals surface area contributed by atoms with Crippen LogP contribution < -0.4 is 14.2 Å². The minimum atomic E-state index is -0.529. The summed E-state index contributed by atoms with van der Waals surface area (Å²) in [6, 6.07) is 12.7. The Bertz CT molecular complexity index is 834. The molecule has 128 valence electrons. The maximum absolute atomic E-state index is 12.0. The average Bonchev–Trinajstić information content (AvgIpc) is 2.60. The molecule has 0 atom stereocenters. The van der Waals surface area contributed by atoms with Crippen molar-refractivity contribution in [2.45, 2.75) is 13.8 Å². The quantitative estimate of drug-likeness (QED) is 0.455. The molecule has 2 aromatic carbocycles. The zero-order valence-corrected chi connectivity index (χ0v) is 14.4. The third-order valence-corrected chi connectivity index (χ3v) is 3.44. The number of esters is 1. The lowest BCUT2D eigenvalue weighted by molar-refractivity contribution is -0.136. The summed E-state index contributed by atoms with van der Waals surface area (Å²) in [6.45, 7) is 3.71. The van der Waals surface area contributed by atoms with Gasteiger partial charge in [0.25, 0.3) is 0 Å². The van der Waals surface area contributed by atoms with Crippen LogP contribution in [-0.4, -0.2) is 19.7 Å². The number of hydrogen-bond acceptors (Lipinski definition) is 5. The number of nitrogens with zero attached hydrogens (tertiary/aromatic N) is 1. The van der Waals surface area contributed by atoms with E-state index in [1.165, 1.54) is 13.2 Å². The van der Waals surface area contributed by atoms with Gasteiger partial charge in [-0.15, -0.1) is 0 Å². The molecule has 2 rings (SSSR count). The smallest absolute Gasteiger partial charge is 0.349 e. The van der Waals surface area contributed by atoms with E-state index in [-0.39, 0.29) is 6.61 Å². The highest BCUT2D eigenvalue weighted by molar-refractivity contribution is 5.75. The summed E-state index contributed by atoms with van der Waals surface area (Å²) in [5, 5.41) is 8.56. The normalized spacial score (nSPS) is 10.3. The van der Waals surface area contributed by atoms with Gasteiger partial charge in [0, 0.05) is 6.08 Å². The molecule has 0 radical (unpaired) electrons. The number of carbonyl (C=O) groups is 1. The van der Waals surface area contributed by atoms with Crippen molar-refractivity contribution in [1.29, 1.82) is 5.26 Å². The molecule has 0 aromatic heterocycles. The van der Waals surface area contributed by atoms with Gasteiger partial charge < -0.3 is 14.2 Å². The molecule has 0 heterocycles. The van der Waals surface area contributed by atoms with Gasteiger partial charge in [0.1, 0.15) is 5.75 Å². The summed E-state index contributed by atoms with van der Waals surface area (Å²) in [7, 11) is 1.48. The molecule has 5 heteroatoms. The fraction of sp³-hybridized carbons (Fsp3) is 0.200. The Morgan fingerprint density at radius 3 is 2.56 bits per heavy atom. The molecule has 0 bridgehead atoms. The molecule has 0 saturated carbocycles. The minimum absolute atomic E-state index is 0.205. The SMILES string of the molecule is COc1cc(/C=C\C#N)ccc1OC(=O)COc1ccc(C)cc1C. The zero-order valence-electron chi connectivity index (χ0n) is 14.4. The highest BCUT2D eigenvalue weighted by Crippen LogP contribution is 2.29. The fourth-order valence-corrected chi connectivity index (χ4v) is 2.26. The van der Waals surface area contributed by atoms with E-state index in [1.807, 2.05) is 38.1 Å². The number of nitriles is 1. The third-order valence-electron chi connectivity index (χ3n) is 3.44. The van der Waals surface area contributed by atoms with Gasteiger partial charge in [-0.1, -0.05) is 23.8 Å². The van der Waals surface area contributed by atoms with Gasteiger partial charge in [0.2, 0.25) is 0 Å². The number of ether oxygens (including phenoxy) is 3. The second-order valence-corrected chi connectivity index (χ2v) is 5.40. The molecule has 0 aliphatic rings. The van der Waals surface area contributed by atoms with Crippen LogP contribution in [0, 0.1) is 25.2 Å². The van der Waals surface area contributed by atoms with Crippen LogP contribution in [0.25, 0.3) is 6.08 Å². The molecule has 0 spiro atoms. The third kappa shape index (κ3) is 5.11. The van der Waals surface area contributed by atoms with E-state index in [9.17, 15) is 4.79 Å². The van der Waals surface area contributed by atoms with Gasteiger partial charge >= 0.3 is 5.97 Å². The molecule has 0 aliphatic carbocycles. The Kier molecular flexibility index (Phi) is 6.19. The van der Waals surface area contributed by atoms with Gasteiger partial charge in [-0.25, -0.2) is 4.79 Å². The summed E-state index contributed by atoms with van der Waals surface area (Å²) < 4.78 is 16.0. The Labute approximate surface area is 147 Å². The summed E-state index contributed by atoms with van der Waals surface area (Å²) in [4.78, 5) is 12.0. The first-order chi connectivity index (χ1) is 12.0. The van der Waals surface area contributed by atoms with Crippen LogP contribution in [0.1, 0.15) is 16.7 Å². The molecule has 0 fully saturated rings. The Balaban J connectivity index is 2.02. The van der Waals surface area contributed by atoms with Crippen LogP contribution in [0.3, 0.4) is 0 Å². The largest absolute Gasteiger partial charge is 0.493 e. The van der Waals surface area contributed by atoms with Gasteiger partial charge in [-0.2, -0.15) is 5.26 Å². The fourth-order valence-electron chi connectivity index (χ4n) is 2.26. The van der Waals surface area contributed by atoms with E-state index >= 15 is 0 Å². The van der Waals surface area contributed by atoms with E-state index in [1.54, 1.807) is 24.3 Å². The van der Waals surface area contributed by atoms with Gasteiger partial charge in [0.05, 0.1) is 13.2 Å². The summed E-state index contributed by atoms with van der Waals surface area (Å²) in [5.41, 5.74) is 2.85. The number of benzene rings is 2. The molecule has 0 N–H and O–H groups in total. The topological polar surface area (TPSA) is 68.5 Å². The second-order valence-electron chi connectivity index (χ2n) is 5.40. The van der Waals surface area contributed by atoms with Crippen molar-refractivity contribution in [3.8, 4) is 23.3 Å². The Hall–Kier alpha value is -3.26. The number of aryl methyl sites for hydroxylation is 2. The summed E-state index contributed by atoms with van der Waals surface area (Å²) >= 11 is 0. The second kappa shape index (κ2) is 8.55. The highest BCUT2D eigenvalue weighted by atomic mass is 16.6. The van der Waals surface area contributed by atoms with Crippen molar-refractivity contribution >= 4 is 12.0 Å². The van der Waals surface area contributed by atoms with Crippen LogP contribution in [0.4, 0.5) is 0 Å². The lowest BCUT2D eigenvalue weighted by atomic mass is 10.1. The zero-order chi connectivity index (χ0) is 18.2. The van der Waals surface area contributed by atoms with Crippen LogP contribution in [0.2, 0.25) is 0 Å². The first-order valence-electron chi connectivity index (χ1n) is 7.68. The van der Waals surface area contributed by atoms with E-state index in [0.29, 0.717) is 17.2 Å². The van der Waals surface area contributed by atoms with Gasteiger partial charge in [0.15, 0.2) is 18.1 Å². The summed E-state index contributed by atoms with van der Waals surface area (Å²) in [6.07, 6.45) is 3.00. The number of carbonyl (C=O) groups excluding carboxylic acids is 1. The predicted octanol–water partition coefficient (Wildman–Crippen LogP) is 3.83. The van der Waals surface area contributed by atoms with E-state index in [0.717, 1.165) is 16.7 Å². The average molecular weight is 337 g/mol. The van der Waals surface area contributed by atoms with E-state index in [4.69, 9.17) is 19.5 Å². The predicted molar refractivity (Wildman–Crippen MR) is 94.7 cm³/mol. The van der Waals surface area contributed by atoms with Gasteiger partial charge in [-0.05, 0) is 49.2 Å². The van der Waals surface area contributed by atoms with E-state index < -0.39 is 5.97 Å². The maximum atomic E-state index is 12.0. The van der Waals surface area contributed by atoms with Gasteiger partial charge in [-0.3, -0.25) is 0 Å². The maximum Gasteiger partial charge on any atom is 0.349 e. The Morgan fingerprint density at radius 1 is 1.12 bits per heavy atom. The Morgan fingerprint density at radius 2 is 1.88 bits per heavy atom. The minimum Gasteiger partial charge on any atom is -0.493 e. The molecular formula is C20H19NO4. The van der Waals surface area contributed by atoms with Crippen molar-refractivity contribution in [1.82, 2.24) is 0 Å². The highest BCUT2D eigenvalue weighted by Gasteiger charge is 2.12. The number of methoxy groups -OCH3 is 1. The van der Waals surface area contributed by atoms with Crippen molar-refractivity contribution in [2.24, 2.45) is 0 Å². The molecule has 0 saturated heterocycles. The van der Waals surface area contributed by atoms with Crippen LogP contribution in [0.5, 0.6) is 17.2 Å². The van der Waals surface area contributed by atoms with Crippen molar-refractivity contribution < 1.29 is 19.0 Å².